The van der Waals surface area contributed by atoms with Crippen molar-refractivity contribution in [2.45, 2.75) is 31.7 Å². The number of primary amides is 1. The van der Waals surface area contributed by atoms with Crippen LogP contribution in [0.3, 0.4) is 0 Å². The van der Waals surface area contributed by atoms with E-state index in [0.717, 1.165) is 32.2 Å². The van der Waals surface area contributed by atoms with Crippen LogP contribution in [0.4, 0.5) is 0 Å². The first-order chi connectivity index (χ1) is 7.11. The number of nitrogens with two attached hydrogens (primary N) is 1. The van der Waals surface area contributed by atoms with E-state index in [9.17, 15) is 9.59 Å². The Morgan fingerprint density at radius 2 is 2.13 bits per heavy atom. The molecule has 15 heavy (non-hydrogen) atoms. The zero-order chi connectivity index (χ0) is 11.3. The molecule has 0 aromatic heterocycles. The zero-order valence-electron chi connectivity index (χ0n) is 9.16. The van der Waals surface area contributed by atoms with Crippen LogP contribution >= 0.6 is 0 Å². The standard InChI is InChI=1S/C10H19N3O2/c1-13(7-9(11)14)10(15)8-5-3-2-4-6-12-8/h8,12H,2-7H2,1H3,(H2,11,14). The highest BCUT2D eigenvalue weighted by atomic mass is 16.2. The Morgan fingerprint density at radius 3 is 2.80 bits per heavy atom. The number of likely N-dealkylation sites (N-methyl/N-ethyl adjacent to an activating group) is 1. The Morgan fingerprint density at radius 1 is 1.40 bits per heavy atom. The van der Waals surface area contributed by atoms with Gasteiger partial charge >= 0.3 is 0 Å². The molecule has 0 aromatic rings. The molecule has 1 aliphatic rings. The van der Waals surface area contributed by atoms with Gasteiger partial charge in [-0.1, -0.05) is 12.8 Å². The Bertz CT molecular complexity index is 235. The Labute approximate surface area is 90.0 Å². The minimum atomic E-state index is -0.473. The molecule has 0 saturated carbocycles. The van der Waals surface area contributed by atoms with Gasteiger partial charge in [0.2, 0.25) is 11.8 Å². The molecule has 1 atom stereocenters. The molecular weight excluding hydrogens is 194 g/mol. The summed E-state index contributed by atoms with van der Waals surface area (Å²) >= 11 is 0. The number of carbonyl (C=O) groups excluding carboxylic acids is 2. The SMILES string of the molecule is CN(CC(N)=O)C(=O)C1CCCCCN1. The molecular formula is C10H19N3O2. The second-order valence-corrected chi connectivity index (χ2v) is 4.02. The maximum Gasteiger partial charge on any atom is 0.239 e. The Kier molecular flexibility index (Phi) is 4.55. The van der Waals surface area contributed by atoms with Gasteiger partial charge in [0.1, 0.15) is 0 Å². The summed E-state index contributed by atoms with van der Waals surface area (Å²) in [6.45, 7) is 0.873. The highest BCUT2D eigenvalue weighted by Crippen LogP contribution is 2.09. The average molecular weight is 213 g/mol. The van der Waals surface area contributed by atoms with Crippen LogP contribution in [-0.2, 0) is 9.59 Å². The second kappa shape index (κ2) is 5.70. The van der Waals surface area contributed by atoms with E-state index in [-0.39, 0.29) is 18.5 Å². The largest absolute Gasteiger partial charge is 0.368 e. The third-order valence-corrected chi connectivity index (χ3v) is 2.63. The maximum absolute atomic E-state index is 11.8. The third-order valence-electron chi connectivity index (χ3n) is 2.63. The fraction of sp³-hybridized carbons (Fsp3) is 0.800. The van der Waals surface area contributed by atoms with Crippen molar-refractivity contribution >= 4 is 11.8 Å². The molecule has 0 aromatic carbocycles. The van der Waals surface area contributed by atoms with Gasteiger partial charge in [-0.05, 0) is 19.4 Å². The van der Waals surface area contributed by atoms with Crippen molar-refractivity contribution in [3.63, 3.8) is 0 Å². The van der Waals surface area contributed by atoms with E-state index >= 15 is 0 Å². The van der Waals surface area contributed by atoms with E-state index < -0.39 is 5.91 Å². The van der Waals surface area contributed by atoms with Crippen LogP contribution in [-0.4, -0.2) is 42.9 Å². The summed E-state index contributed by atoms with van der Waals surface area (Å²) in [5, 5.41) is 3.19. The molecule has 1 rings (SSSR count). The zero-order valence-corrected chi connectivity index (χ0v) is 9.16. The summed E-state index contributed by atoms with van der Waals surface area (Å²) in [6.07, 6.45) is 4.19. The van der Waals surface area contributed by atoms with Gasteiger partial charge in [0.05, 0.1) is 12.6 Å². The lowest BCUT2D eigenvalue weighted by Crippen LogP contribution is -2.47. The number of amides is 2. The summed E-state index contributed by atoms with van der Waals surface area (Å²) in [7, 11) is 1.61. The summed E-state index contributed by atoms with van der Waals surface area (Å²) < 4.78 is 0. The molecule has 86 valence electrons. The first kappa shape index (κ1) is 12.0. The number of carbonyl (C=O) groups is 2. The van der Waals surface area contributed by atoms with Gasteiger partial charge in [0, 0.05) is 7.05 Å². The van der Waals surface area contributed by atoms with E-state index in [0.29, 0.717) is 0 Å². The fourth-order valence-electron chi connectivity index (χ4n) is 1.82. The van der Waals surface area contributed by atoms with Crippen LogP contribution in [0.15, 0.2) is 0 Å². The van der Waals surface area contributed by atoms with Crippen LogP contribution in [0, 0.1) is 0 Å². The van der Waals surface area contributed by atoms with Crippen LogP contribution < -0.4 is 11.1 Å². The molecule has 1 heterocycles. The van der Waals surface area contributed by atoms with Crippen molar-refractivity contribution in [1.29, 1.82) is 0 Å². The van der Waals surface area contributed by atoms with Crippen molar-refractivity contribution in [1.82, 2.24) is 10.2 Å². The highest BCUT2D eigenvalue weighted by Gasteiger charge is 2.23. The molecule has 1 fully saturated rings. The summed E-state index contributed by atoms with van der Waals surface area (Å²) in [5.74, 6) is -0.504. The van der Waals surface area contributed by atoms with Gasteiger partial charge < -0.3 is 16.0 Å². The molecule has 0 aliphatic carbocycles. The van der Waals surface area contributed by atoms with Gasteiger partial charge in [0.25, 0.3) is 0 Å². The van der Waals surface area contributed by atoms with Crippen molar-refractivity contribution in [2.24, 2.45) is 5.73 Å². The van der Waals surface area contributed by atoms with E-state index in [4.69, 9.17) is 5.73 Å². The highest BCUT2D eigenvalue weighted by molar-refractivity contribution is 5.86. The monoisotopic (exact) mass is 213 g/mol. The average Bonchev–Trinajstić information content (AvgIpc) is 2.43. The predicted octanol–water partition coefficient (Wildman–Crippen LogP) is -0.538. The topological polar surface area (TPSA) is 75.4 Å². The first-order valence-electron chi connectivity index (χ1n) is 5.38. The summed E-state index contributed by atoms with van der Waals surface area (Å²) in [5.41, 5.74) is 5.04. The van der Waals surface area contributed by atoms with Crippen LogP contribution in [0.1, 0.15) is 25.7 Å². The first-order valence-corrected chi connectivity index (χ1v) is 5.38. The molecule has 3 N–H and O–H groups in total. The lowest BCUT2D eigenvalue weighted by atomic mass is 10.1. The number of hydrogen-bond donors (Lipinski definition) is 2. The minimum absolute atomic E-state index is 0.00296. The van der Waals surface area contributed by atoms with Gasteiger partial charge in [-0.25, -0.2) is 0 Å². The number of hydrogen-bond acceptors (Lipinski definition) is 3. The smallest absolute Gasteiger partial charge is 0.239 e. The van der Waals surface area contributed by atoms with Crippen molar-refractivity contribution in [3.8, 4) is 0 Å². The molecule has 5 heteroatoms. The van der Waals surface area contributed by atoms with E-state index in [1.165, 1.54) is 4.90 Å². The maximum atomic E-state index is 11.8. The molecule has 1 unspecified atom stereocenters. The van der Waals surface area contributed by atoms with Gasteiger partial charge in [-0.15, -0.1) is 0 Å². The van der Waals surface area contributed by atoms with Crippen molar-refractivity contribution in [2.75, 3.05) is 20.1 Å². The molecule has 5 nitrogen and oxygen atoms in total. The second-order valence-electron chi connectivity index (χ2n) is 4.02. The quantitative estimate of drug-likeness (QED) is 0.661. The number of nitrogens with one attached hydrogen (secondary N) is 1. The van der Waals surface area contributed by atoms with Crippen LogP contribution in [0.5, 0.6) is 0 Å². The molecule has 0 spiro atoms. The Balaban J connectivity index is 2.46. The Hall–Kier alpha value is -1.10. The molecule has 1 saturated heterocycles. The minimum Gasteiger partial charge on any atom is -0.368 e. The van der Waals surface area contributed by atoms with Gasteiger partial charge in [0.15, 0.2) is 0 Å². The van der Waals surface area contributed by atoms with E-state index in [1.54, 1.807) is 7.05 Å². The molecule has 0 radical (unpaired) electrons. The van der Waals surface area contributed by atoms with Crippen molar-refractivity contribution in [3.05, 3.63) is 0 Å². The summed E-state index contributed by atoms with van der Waals surface area (Å²) in [4.78, 5) is 23.9. The summed E-state index contributed by atoms with van der Waals surface area (Å²) in [6, 6.07) is -0.142. The van der Waals surface area contributed by atoms with Crippen LogP contribution in [0.25, 0.3) is 0 Å². The van der Waals surface area contributed by atoms with Crippen molar-refractivity contribution < 1.29 is 9.59 Å². The van der Waals surface area contributed by atoms with E-state index in [2.05, 4.69) is 5.32 Å². The lowest BCUT2D eigenvalue weighted by molar-refractivity contribution is -0.135. The van der Waals surface area contributed by atoms with E-state index in [1.807, 2.05) is 0 Å². The molecule has 1 aliphatic heterocycles. The number of nitrogens with zero attached hydrogens (tertiary/aromatic N) is 1. The third kappa shape index (κ3) is 3.87. The van der Waals surface area contributed by atoms with Crippen LogP contribution in [0.2, 0.25) is 0 Å². The fourth-order valence-corrected chi connectivity index (χ4v) is 1.82. The predicted molar refractivity (Wildman–Crippen MR) is 57.1 cm³/mol. The lowest BCUT2D eigenvalue weighted by Gasteiger charge is -2.22. The molecule has 0 bridgehead atoms. The van der Waals surface area contributed by atoms with Gasteiger partial charge in [-0.2, -0.15) is 0 Å². The van der Waals surface area contributed by atoms with Gasteiger partial charge in [-0.3, -0.25) is 9.59 Å². The normalized spacial score (nSPS) is 21.8. The molecule has 2 amide bonds. The number of rotatable bonds is 3.